The third-order valence-corrected chi connectivity index (χ3v) is 4.37. The van der Waals surface area contributed by atoms with Crippen LogP contribution in [0.1, 0.15) is 33.1 Å². The lowest BCUT2D eigenvalue weighted by atomic mass is 10.1. The number of nitrogens with two attached hydrogens (primary N) is 1. The third kappa shape index (κ3) is 1.90. The number of halogens is 1. The van der Waals surface area contributed by atoms with Gasteiger partial charge in [-0.3, -0.25) is 4.98 Å². The van der Waals surface area contributed by atoms with Crippen LogP contribution in [0.15, 0.2) is 24.4 Å². The highest BCUT2D eigenvalue weighted by Gasteiger charge is 2.32. The molecule has 1 aliphatic rings. The highest BCUT2D eigenvalue weighted by Crippen LogP contribution is 2.39. The van der Waals surface area contributed by atoms with E-state index in [0.29, 0.717) is 29.0 Å². The first-order chi connectivity index (χ1) is 9.63. The molecule has 106 valence electrons. The smallest absolute Gasteiger partial charge is 0.150 e. The molecular formula is C16H20FN3. The van der Waals surface area contributed by atoms with Crippen LogP contribution in [0.25, 0.3) is 10.9 Å². The molecule has 2 N–H and O–H groups in total. The second kappa shape index (κ2) is 4.93. The van der Waals surface area contributed by atoms with Gasteiger partial charge >= 0.3 is 0 Å². The lowest BCUT2D eigenvalue weighted by molar-refractivity contribution is 0.584. The van der Waals surface area contributed by atoms with Gasteiger partial charge in [0.1, 0.15) is 5.69 Å². The molecule has 2 atom stereocenters. The zero-order chi connectivity index (χ0) is 14.3. The summed E-state index contributed by atoms with van der Waals surface area (Å²) in [6, 6.07) is 5.89. The van der Waals surface area contributed by atoms with Crippen molar-refractivity contribution in [2.75, 3.05) is 10.6 Å². The summed E-state index contributed by atoms with van der Waals surface area (Å²) in [5, 5.41) is 0.831. The molecule has 0 bridgehead atoms. The van der Waals surface area contributed by atoms with Crippen LogP contribution in [0.2, 0.25) is 0 Å². The Morgan fingerprint density at radius 1 is 1.45 bits per heavy atom. The fraction of sp³-hybridized carbons (Fsp3) is 0.438. The molecule has 1 aromatic carbocycles. The van der Waals surface area contributed by atoms with E-state index in [2.05, 4.69) is 23.7 Å². The zero-order valence-corrected chi connectivity index (χ0v) is 11.9. The SMILES string of the molecule is CCC1CCC(C)N1c1c(F)cc(N)c2cccnc12. The number of fused-ring (bicyclic) bond motifs is 1. The lowest BCUT2D eigenvalue weighted by Crippen LogP contribution is -2.35. The van der Waals surface area contributed by atoms with Crippen LogP contribution in [0.4, 0.5) is 15.8 Å². The standard InChI is InChI=1S/C16H20FN3/c1-3-11-7-6-10(2)20(11)16-13(17)9-14(18)12-5-4-8-19-15(12)16/h4-5,8-11H,3,6-7,18H2,1-2H3. The van der Waals surface area contributed by atoms with Gasteiger partial charge in [-0.1, -0.05) is 6.92 Å². The van der Waals surface area contributed by atoms with E-state index in [1.54, 1.807) is 6.20 Å². The first kappa shape index (κ1) is 13.2. The molecule has 0 aliphatic carbocycles. The molecule has 0 radical (unpaired) electrons. The summed E-state index contributed by atoms with van der Waals surface area (Å²) < 4.78 is 14.6. The summed E-state index contributed by atoms with van der Waals surface area (Å²) in [7, 11) is 0. The molecule has 0 amide bonds. The number of pyridine rings is 1. The first-order valence-corrected chi connectivity index (χ1v) is 7.24. The van der Waals surface area contributed by atoms with E-state index in [0.717, 1.165) is 24.6 Å². The predicted molar refractivity (Wildman–Crippen MR) is 81.4 cm³/mol. The molecule has 3 nitrogen and oxygen atoms in total. The van der Waals surface area contributed by atoms with Crippen LogP contribution >= 0.6 is 0 Å². The van der Waals surface area contributed by atoms with Crippen molar-refractivity contribution in [2.24, 2.45) is 0 Å². The van der Waals surface area contributed by atoms with E-state index in [-0.39, 0.29) is 5.82 Å². The first-order valence-electron chi connectivity index (χ1n) is 7.24. The Bertz CT molecular complexity index is 641. The van der Waals surface area contributed by atoms with Crippen LogP contribution in [-0.2, 0) is 0 Å². The van der Waals surface area contributed by atoms with Crippen molar-refractivity contribution in [1.82, 2.24) is 4.98 Å². The Morgan fingerprint density at radius 3 is 3.00 bits per heavy atom. The van der Waals surface area contributed by atoms with Gasteiger partial charge < -0.3 is 10.6 Å². The van der Waals surface area contributed by atoms with Gasteiger partial charge in [0.05, 0.1) is 5.52 Å². The van der Waals surface area contributed by atoms with Gasteiger partial charge in [-0.2, -0.15) is 0 Å². The summed E-state index contributed by atoms with van der Waals surface area (Å²) in [5.41, 5.74) is 7.68. The van der Waals surface area contributed by atoms with E-state index in [1.165, 1.54) is 6.07 Å². The maximum absolute atomic E-state index is 14.6. The van der Waals surface area contributed by atoms with E-state index in [1.807, 2.05) is 12.1 Å². The fourth-order valence-electron chi connectivity index (χ4n) is 3.34. The van der Waals surface area contributed by atoms with Gasteiger partial charge in [-0.05, 0) is 44.4 Å². The maximum atomic E-state index is 14.6. The molecule has 0 spiro atoms. The molecule has 1 saturated heterocycles. The van der Waals surface area contributed by atoms with Crippen molar-refractivity contribution in [3.05, 3.63) is 30.2 Å². The molecule has 1 fully saturated rings. The van der Waals surface area contributed by atoms with Gasteiger partial charge in [0, 0.05) is 29.4 Å². The molecule has 2 aromatic rings. The second-order valence-corrected chi connectivity index (χ2v) is 5.59. The minimum Gasteiger partial charge on any atom is -0.398 e. The van der Waals surface area contributed by atoms with Crippen LogP contribution in [0.5, 0.6) is 0 Å². The average molecular weight is 273 g/mol. The highest BCUT2D eigenvalue weighted by atomic mass is 19.1. The molecular weight excluding hydrogens is 253 g/mol. The molecule has 2 heterocycles. The highest BCUT2D eigenvalue weighted by molar-refractivity contribution is 5.99. The minimum absolute atomic E-state index is 0.263. The number of hydrogen-bond acceptors (Lipinski definition) is 3. The van der Waals surface area contributed by atoms with Gasteiger partial charge in [0.15, 0.2) is 5.82 Å². The number of nitrogen functional groups attached to an aromatic ring is 1. The molecule has 4 heteroatoms. The van der Waals surface area contributed by atoms with Crippen molar-refractivity contribution in [2.45, 2.75) is 45.2 Å². The van der Waals surface area contributed by atoms with Crippen LogP contribution in [0.3, 0.4) is 0 Å². The maximum Gasteiger partial charge on any atom is 0.150 e. The molecule has 1 aliphatic heterocycles. The molecule has 0 saturated carbocycles. The number of hydrogen-bond donors (Lipinski definition) is 1. The zero-order valence-electron chi connectivity index (χ0n) is 11.9. The van der Waals surface area contributed by atoms with E-state index in [9.17, 15) is 4.39 Å². The fourth-order valence-corrected chi connectivity index (χ4v) is 3.34. The van der Waals surface area contributed by atoms with Crippen LogP contribution < -0.4 is 10.6 Å². The number of nitrogens with zero attached hydrogens (tertiary/aromatic N) is 2. The average Bonchev–Trinajstić information content (AvgIpc) is 2.80. The van der Waals surface area contributed by atoms with E-state index < -0.39 is 0 Å². The molecule has 3 rings (SSSR count). The van der Waals surface area contributed by atoms with Crippen molar-refractivity contribution in [3.8, 4) is 0 Å². The van der Waals surface area contributed by atoms with Crippen LogP contribution in [0, 0.1) is 5.82 Å². The Kier molecular flexibility index (Phi) is 3.24. The van der Waals surface area contributed by atoms with E-state index >= 15 is 0 Å². The van der Waals surface area contributed by atoms with Crippen molar-refractivity contribution < 1.29 is 4.39 Å². The molecule has 20 heavy (non-hydrogen) atoms. The second-order valence-electron chi connectivity index (χ2n) is 5.59. The van der Waals surface area contributed by atoms with Gasteiger partial charge in [-0.25, -0.2) is 4.39 Å². The monoisotopic (exact) mass is 273 g/mol. The molecule has 1 aromatic heterocycles. The van der Waals surface area contributed by atoms with Gasteiger partial charge in [-0.15, -0.1) is 0 Å². The van der Waals surface area contributed by atoms with Crippen molar-refractivity contribution >= 4 is 22.3 Å². The quantitative estimate of drug-likeness (QED) is 0.848. The predicted octanol–water partition coefficient (Wildman–Crippen LogP) is 3.72. The lowest BCUT2D eigenvalue weighted by Gasteiger charge is -2.31. The normalized spacial score (nSPS) is 22.6. The number of rotatable bonds is 2. The number of anilines is 2. The number of aromatic nitrogens is 1. The van der Waals surface area contributed by atoms with Crippen LogP contribution in [-0.4, -0.2) is 17.1 Å². The van der Waals surface area contributed by atoms with Gasteiger partial charge in [0.2, 0.25) is 0 Å². The summed E-state index contributed by atoms with van der Waals surface area (Å²) in [5.74, 6) is -0.263. The Hall–Kier alpha value is -1.84. The Balaban J connectivity index is 2.25. The van der Waals surface area contributed by atoms with Crippen molar-refractivity contribution in [3.63, 3.8) is 0 Å². The largest absolute Gasteiger partial charge is 0.398 e. The summed E-state index contributed by atoms with van der Waals surface area (Å²) in [4.78, 5) is 6.59. The summed E-state index contributed by atoms with van der Waals surface area (Å²) >= 11 is 0. The summed E-state index contributed by atoms with van der Waals surface area (Å²) in [6.45, 7) is 4.31. The summed E-state index contributed by atoms with van der Waals surface area (Å²) in [6.07, 6.45) is 4.92. The Morgan fingerprint density at radius 2 is 2.25 bits per heavy atom. The molecule has 2 unspecified atom stereocenters. The number of benzene rings is 1. The third-order valence-electron chi connectivity index (χ3n) is 4.37. The van der Waals surface area contributed by atoms with E-state index in [4.69, 9.17) is 5.73 Å². The minimum atomic E-state index is -0.263. The topological polar surface area (TPSA) is 42.1 Å². The Labute approximate surface area is 118 Å². The van der Waals surface area contributed by atoms with Crippen molar-refractivity contribution in [1.29, 1.82) is 0 Å². The van der Waals surface area contributed by atoms with Gasteiger partial charge in [0.25, 0.3) is 0 Å².